The van der Waals surface area contributed by atoms with E-state index in [4.69, 9.17) is 0 Å². The molecule has 1 aromatic rings. The summed E-state index contributed by atoms with van der Waals surface area (Å²) in [7, 11) is 0. The van der Waals surface area contributed by atoms with Gasteiger partial charge in [-0.3, -0.25) is 0 Å². The summed E-state index contributed by atoms with van der Waals surface area (Å²) in [5.74, 6) is 0. The molecule has 0 N–H and O–H groups in total. The molecule has 0 unspecified atom stereocenters. The fourth-order valence-corrected chi connectivity index (χ4v) is 0.755. The van der Waals surface area contributed by atoms with E-state index >= 15 is 0 Å². The molecule has 1 radical (unpaired) electrons. The summed E-state index contributed by atoms with van der Waals surface area (Å²) in [5.41, 5.74) is 2.58. The van der Waals surface area contributed by atoms with Crippen molar-refractivity contribution in [1.82, 2.24) is 0 Å². The maximum absolute atomic E-state index is 3.15. The van der Waals surface area contributed by atoms with Crippen molar-refractivity contribution in [3.8, 4) is 0 Å². The minimum Gasteiger partial charge on any atom is -0.180 e. The van der Waals surface area contributed by atoms with Crippen LogP contribution in [0.5, 0.6) is 0 Å². The van der Waals surface area contributed by atoms with Crippen molar-refractivity contribution < 1.29 is 32.7 Å². The molecule has 0 heterocycles. The van der Waals surface area contributed by atoms with Gasteiger partial charge < -0.3 is 0 Å². The molecule has 0 bridgehead atoms. The Hall–Kier alpha value is 0.324. The Kier molecular flexibility index (Phi) is 11.6. The van der Waals surface area contributed by atoms with Crippen molar-refractivity contribution in [3.05, 3.63) is 35.4 Å². The molecule has 0 saturated heterocycles. The van der Waals surface area contributed by atoms with E-state index in [-0.39, 0.29) is 32.7 Å². The quantitative estimate of drug-likeness (QED) is 0.658. The summed E-state index contributed by atoms with van der Waals surface area (Å²) < 4.78 is 0. The average molecular weight is 238 g/mol. The van der Waals surface area contributed by atoms with Gasteiger partial charge in [-0.15, -0.1) is 0 Å². The van der Waals surface area contributed by atoms with Crippen LogP contribution in [-0.4, -0.2) is 0 Å². The number of aryl methyl sites for hydroxylation is 2. The third-order valence-electron chi connectivity index (χ3n) is 1.44. The fraction of sp³-hybridized carbons (Fsp3) is 0.455. The first-order valence-corrected chi connectivity index (χ1v) is 4.30. The van der Waals surface area contributed by atoms with Crippen LogP contribution in [0.2, 0.25) is 0 Å². The zero-order valence-corrected chi connectivity index (χ0v) is 11.4. The Morgan fingerprint density at radius 3 is 2.17 bits per heavy atom. The molecule has 65 valence electrons. The van der Waals surface area contributed by atoms with Crippen molar-refractivity contribution in [2.24, 2.45) is 0 Å². The van der Waals surface area contributed by atoms with Crippen LogP contribution in [0.15, 0.2) is 18.2 Å². The van der Waals surface area contributed by atoms with Gasteiger partial charge in [-0.2, -0.15) is 35.4 Å². The van der Waals surface area contributed by atoms with E-state index in [1.807, 2.05) is 13.8 Å². The van der Waals surface area contributed by atoms with E-state index in [1.54, 1.807) is 0 Å². The average Bonchev–Trinajstić information content (AvgIpc) is 2.10. The van der Waals surface area contributed by atoms with E-state index < -0.39 is 0 Å². The Bertz CT molecular complexity index is 177. The summed E-state index contributed by atoms with van der Waals surface area (Å²) >= 11 is 0. The van der Waals surface area contributed by atoms with Crippen LogP contribution in [0.3, 0.4) is 0 Å². The maximum Gasteiger partial charge on any atom is 0 e. The predicted octanol–water partition coefficient (Wildman–Crippen LogP) is 3.38. The molecule has 0 aromatic heterocycles. The molecule has 1 heteroatoms. The Morgan fingerprint density at radius 2 is 1.83 bits per heavy atom. The first kappa shape index (κ1) is 14.8. The molecule has 0 spiro atoms. The monoisotopic (exact) mass is 238 g/mol. The first-order valence-electron chi connectivity index (χ1n) is 4.30. The molecule has 0 aliphatic rings. The van der Waals surface area contributed by atoms with Crippen molar-refractivity contribution in [2.45, 2.75) is 34.1 Å². The van der Waals surface area contributed by atoms with Crippen molar-refractivity contribution in [1.29, 1.82) is 0 Å². The van der Waals surface area contributed by atoms with Gasteiger partial charge in [0.2, 0.25) is 0 Å². The molecule has 1 rings (SSSR count). The summed E-state index contributed by atoms with van der Waals surface area (Å²) in [6.07, 6.45) is 1.11. The van der Waals surface area contributed by atoms with Crippen LogP contribution in [0.25, 0.3) is 0 Å². The second-order valence-corrected chi connectivity index (χ2v) is 2.23. The molecule has 0 aliphatic carbocycles. The number of benzene rings is 1. The van der Waals surface area contributed by atoms with Gasteiger partial charge in [0.1, 0.15) is 0 Å². The topological polar surface area (TPSA) is 0 Å². The smallest absolute Gasteiger partial charge is 0 e. The molecule has 12 heavy (non-hydrogen) atoms. The van der Waals surface area contributed by atoms with Crippen LogP contribution >= 0.6 is 0 Å². The van der Waals surface area contributed by atoms with E-state index in [1.165, 1.54) is 11.1 Å². The molecule has 0 fully saturated rings. The normalized spacial score (nSPS) is 7.67. The van der Waals surface area contributed by atoms with Crippen LogP contribution < -0.4 is 0 Å². The van der Waals surface area contributed by atoms with E-state index in [2.05, 4.69) is 38.1 Å². The molecule has 0 saturated carbocycles. The summed E-state index contributed by atoms with van der Waals surface area (Å²) in [4.78, 5) is 0. The summed E-state index contributed by atoms with van der Waals surface area (Å²) in [6, 6.07) is 9.44. The second-order valence-electron chi connectivity index (χ2n) is 2.23. The Morgan fingerprint density at radius 1 is 1.25 bits per heavy atom. The Labute approximate surface area is 102 Å². The largest absolute Gasteiger partial charge is 0.180 e. The molecule has 0 atom stereocenters. The molecule has 0 amide bonds. The van der Waals surface area contributed by atoms with Gasteiger partial charge in [0.25, 0.3) is 0 Å². The van der Waals surface area contributed by atoms with E-state index in [0.29, 0.717) is 0 Å². The van der Waals surface area contributed by atoms with Crippen molar-refractivity contribution in [2.75, 3.05) is 0 Å². The third-order valence-corrected chi connectivity index (χ3v) is 1.44. The molecular formula is C11H17Y-. The van der Waals surface area contributed by atoms with Crippen LogP contribution in [0.4, 0.5) is 0 Å². The van der Waals surface area contributed by atoms with E-state index in [0.717, 1.165) is 6.42 Å². The summed E-state index contributed by atoms with van der Waals surface area (Å²) in [6.45, 7) is 8.21. The van der Waals surface area contributed by atoms with Gasteiger partial charge in [0.05, 0.1) is 0 Å². The minimum absolute atomic E-state index is 0. The molecular weight excluding hydrogens is 221 g/mol. The second kappa shape index (κ2) is 9.41. The van der Waals surface area contributed by atoms with Crippen LogP contribution in [-0.2, 0) is 39.1 Å². The van der Waals surface area contributed by atoms with Crippen molar-refractivity contribution >= 4 is 0 Å². The Balaban J connectivity index is 0. The summed E-state index contributed by atoms with van der Waals surface area (Å²) in [5, 5.41) is 0. The predicted molar refractivity (Wildman–Crippen MR) is 50.7 cm³/mol. The van der Waals surface area contributed by atoms with Crippen molar-refractivity contribution in [3.63, 3.8) is 0 Å². The van der Waals surface area contributed by atoms with Gasteiger partial charge in [-0.25, -0.2) is 0 Å². The zero-order valence-electron chi connectivity index (χ0n) is 8.52. The number of hydrogen-bond donors (Lipinski definition) is 0. The first-order chi connectivity index (χ1) is 5.33. The molecule has 1 aromatic carbocycles. The third kappa shape index (κ3) is 5.91. The van der Waals surface area contributed by atoms with Gasteiger partial charge in [0, 0.05) is 32.7 Å². The van der Waals surface area contributed by atoms with Gasteiger partial charge in [0.15, 0.2) is 0 Å². The fourth-order valence-electron chi connectivity index (χ4n) is 0.755. The van der Waals surface area contributed by atoms with Gasteiger partial charge in [-0.1, -0.05) is 34.1 Å². The van der Waals surface area contributed by atoms with Gasteiger partial charge >= 0.3 is 0 Å². The molecule has 0 aliphatic heterocycles. The van der Waals surface area contributed by atoms with Gasteiger partial charge in [-0.05, 0) is 0 Å². The van der Waals surface area contributed by atoms with E-state index in [9.17, 15) is 0 Å². The standard InChI is InChI=1S/C9H11.C2H6.Y/c1-3-9-6-4-8(2)5-7-9;1-2;/h4,6-7H,3H2,1-2H3;1-2H3;/q-1;;. The number of rotatable bonds is 1. The number of hydrogen-bond acceptors (Lipinski definition) is 0. The zero-order chi connectivity index (χ0) is 8.69. The maximum atomic E-state index is 3.15. The molecule has 0 nitrogen and oxygen atoms in total. The van der Waals surface area contributed by atoms with Crippen LogP contribution in [0.1, 0.15) is 31.9 Å². The van der Waals surface area contributed by atoms with Crippen LogP contribution in [0, 0.1) is 13.0 Å². The SMILES string of the molecule is CC.CCc1c[c-]c(C)cc1.[Y]. The minimum atomic E-state index is 0.